The monoisotopic (exact) mass is 422 g/mol. The number of anilines is 1. The molecule has 0 unspecified atom stereocenters. The molecule has 2 aliphatic heterocycles. The maximum Gasteiger partial charge on any atom is 0.315 e. The number of benzene rings is 1. The van der Waals surface area contributed by atoms with Gasteiger partial charge < -0.3 is 25.3 Å². The van der Waals surface area contributed by atoms with Crippen LogP contribution in [-0.4, -0.2) is 47.4 Å². The van der Waals surface area contributed by atoms with Gasteiger partial charge in [0.15, 0.2) is 0 Å². The first kappa shape index (κ1) is 19.7. The Bertz CT molecular complexity index is 997. The highest BCUT2D eigenvalue weighted by Gasteiger charge is 2.45. The molecule has 0 radical (unpaired) electrons. The van der Waals surface area contributed by atoms with Crippen molar-refractivity contribution in [2.45, 2.75) is 56.7 Å². The summed E-state index contributed by atoms with van der Waals surface area (Å²) in [7, 11) is 0. The van der Waals surface area contributed by atoms with Crippen LogP contribution in [0.5, 0.6) is 0 Å². The highest BCUT2D eigenvalue weighted by Crippen LogP contribution is 2.32. The molecule has 3 N–H and O–H groups in total. The van der Waals surface area contributed by atoms with Crippen LogP contribution >= 0.6 is 0 Å². The van der Waals surface area contributed by atoms with Crippen molar-refractivity contribution < 1.29 is 18.8 Å². The molecule has 2 atom stereocenters. The molecule has 1 saturated heterocycles. The van der Waals surface area contributed by atoms with E-state index in [9.17, 15) is 14.4 Å². The Morgan fingerprint density at radius 2 is 1.90 bits per heavy atom. The van der Waals surface area contributed by atoms with E-state index in [4.69, 9.17) is 4.42 Å². The van der Waals surface area contributed by atoms with Gasteiger partial charge in [-0.2, -0.15) is 0 Å². The quantitative estimate of drug-likeness (QED) is 0.707. The molecule has 0 spiro atoms. The fourth-order valence-corrected chi connectivity index (χ4v) is 4.93. The second kappa shape index (κ2) is 8.09. The van der Waals surface area contributed by atoms with Gasteiger partial charge >= 0.3 is 6.03 Å². The minimum absolute atomic E-state index is 0.181. The van der Waals surface area contributed by atoms with Gasteiger partial charge in [0.25, 0.3) is 5.91 Å². The molecular formula is C23H26N4O4. The van der Waals surface area contributed by atoms with Gasteiger partial charge in [-0.1, -0.05) is 19.3 Å². The second-order valence-corrected chi connectivity index (χ2v) is 8.52. The average molecular weight is 422 g/mol. The predicted octanol–water partition coefficient (Wildman–Crippen LogP) is 3.11. The number of nitrogens with one attached hydrogen (secondary N) is 3. The number of rotatable bonds is 3. The van der Waals surface area contributed by atoms with Crippen molar-refractivity contribution in [3.05, 3.63) is 42.2 Å². The Morgan fingerprint density at radius 3 is 2.68 bits per heavy atom. The Kier molecular flexibility index (Phi) is 5.13. The summed E-state index contributed by atoms with van der Waals surface area (Å²) in [5.41, 5.74) is 1.67. The Balaban J connectivity index is 1.33. The molecule has 8 nitrogen and oxygen atoms in total. The lowest BCUT2D eigenvalue weighted by atomic mass is 9.96. The van der Waals surface area contributed by atoms with E-state index in [1.807, 2.05) is 12.1 Å². The maximum absolute atomic E-state index is 13.3. The molecule has 31 heavy (non-hydrogen) atoms. The fraction of sp³-hybridized carbons (Fsp3) is 0.435. The molecule has 5 rings (SSSR count). The first-order valence-electron chi connectivity index (χ1n) is 11.0. The van der Waals surface area contributed by atoms with Crippen LogP contribution in [-0.2, 0) is 4.79 Å². The van der Waals surface area contributed by atoms with Crippen LogP contribution in [0.4, 0.5) is 10.5 Å². The van der Waals surface area contributed by atoms with Gasteiger partial charge in [-0.25, -0.2) is 4.79 Å². The SMILES string of the molecule is O=C(NC1CCCCC1)N[C@H]1CCN2C(=O)c3cc(-c4ccco4)ccc3NC(=O)[C@H]12. The Labute approximate surface area is 180 Å². The average Bonchev–Trinajstić information content (AvgIpc) is 3.42. The number of amides is 4. The molecule has 3 aliphatic rings. The first-order valence-corrected chi connectivity index (χ1v) is 11.0. The standard InChI is InChI=1S/C23H26N4O4/c28-21-20-18(26-23(30)24-15-5-2-1-3-6-15)10-11-27(20)22(29)16-13-14(8-9-17(16)25-21)19-7-4-12-31-19/h4,7-9,12-13,15,18,20H,1-3,5-6,10-11H2,(H,25,28)(H2,24,26,30)/t18-,20-/m0/s1. The Hall–Kier alpha value is -3.29. The van der Waals surface area contributed by atoms with Crippen LogP contribution < -0.4 is 16.0 Å². The predicted molar refractivity (Wildman–Crippen MR) is 115 cm³/mol. The lowest BCUT2D eigenvalue weighted by Crippen LogP contribution is -2.54. The number of hydrogen-bond donors (Lipinski definition) is 3. The summed E-state index contributed by atoms with van der Waals surface area (Å²) in [6.07, 6.45) is 7.55. The zero-order valence-electron chi connectivity index (χ0n) is 17.2. The van der Waals surface area contributed by atoms with E-state index in [1.165, 1.54) is 6.42 Å². The largest absolute Gasteiger partial charge is 0.464 e. The highest BCUT2D eigenvalue weighted by atomic mass is 16.3. The minimum atomic E-state index is -0.732. The number of carbonyl (C=O) groups excluding carboxylic acids is 3. The number of nitrogens with zero attached hydrogens (tertiary/aromatic N) is 1. The summed E-state index contributed by atoms with van der Waals surface area (Å²) in [4.78, 5) is 40.4. The molecule has 0 bridgehead atoms. The molecule has 1 aromatic carbocycles. The second-order valence-electron chi connectivity index (χ2n) is 8.52. The third-order valence-corrected chi connectivity index (χ3v) is 6.50. The van der Waals surface area contributed by atoms with Gasteiger partial charge in [0.2, 0.25) is 5.91 Å². The van der Waals surface area contributed by atoms with Crippen LogP contribution in [0.25, 0.3) is 11.3 Å². The van der Waals surface area contributed by atoms with Crippen LogP contribution in [0.1, 0.15) is 48.9 Å². The van der Waals surface area contributed by atoms with Crippen molar-refractivity contribution in [2.24, 2.45) is 0 Å². The Morgan fingerprint density at radius 1 is 1.06 bits per heavy atom. The molecule has 8 heteroatoms. The summed E-state index contributed by atoms with van der Waals surface area (Å²) in [5, 5.41) is 8.85. The van der Waals surface area contributed by atoms with Gasteiger partial charge in [0, 0.05) is 18.2 Å². The van der Waals surface area contributed by atoms with Gasteiger partial charge in [-0.3, -0.25) is 9.59 Å². The van der Waals surface area contributed by atoms with E-state index in [0.717, 1.165) is 31.2 Å². The van der Waals surface area contributed by atoms with E-state index in [1.54, 1.807) is 29.4 Å². The van der Waals surface area contributed by atoms with Gasteiger partial charge in [0.1, 0.15) is 11.8 Å². The van der Waals surface area contributed by atoms with Crippen molar-refractivity contribution in [3.8, 4) is 11.3 Å². The summed E-state index contributed by atoms with van der Waals surface area (Å²) < 4.78 is 5.44. The lowest BCUT2D eigenvalue weighted by molar-refractivity contribution is -0.120. The van der Waals surface area contributed by atoms with Crippen LogP contribution in [0.15, 0.2) is 41.0 Å². The number of carbonyl (C=O) groups is 3. The normalized spacial score (nSPS) is 23.5. The van der Waals surface area contributed by atoms with Gasteiger partial charge in [0.05, 0.1) is 23.6 Å². The van der Waals surface area contributed by atoms with Crippen molar-refractivity contribution in [1.82, 2.24) is 15.5 Å². The number of fused-ring (bicyclic) bond motifs is 2. The van der Waals surface area contributed by atoms with Crippen molar-refractivity contribution in [1.29, 1.82) is 0 Å². The third-order valence-electron chi connectivity index (χ3n) is 6.50. The summed E-state index contributed by atoms with van der Waals surface area (Å²) in [6.45, 7) is 0.412. The van der Waals surface area contributed by atoms with Crippen LogP contribution in [0, 0.1) is 0 Å². The smallest absolute Gasteiger partial charge is 0.315 e. The van der Waals surface area contributed by atoms with Crippen LogP contribution in [0.3, 0.4) is 0 Å². The summed E-state index contributed by atoms with van der Waals surface area (Å²) in [6, 6.07) is 7.66. The lowest BCUT2D eigenvalue weighted by Gasteiger charge is -2.27. The van der Waals surface area contributed by atoms with Crippen molar-refractivity contribution in [2.75, 3.05) is 11.9 Å². The number of hydrogen-bond acceptors (Lipinski definition) is 4. The van der Waals surface area contributed by atoms with Gasteiger partial charge in [-0.05, 0) is 49.6 Å². The third kappa shape index (κ3) is 3.78. The number of furan rings is 1. The van der Waals surface area contributed by atoms with Gasteiger partial charge in [-0.15, -0.1) is 0 Å². The minimum Gasteiger partial charge on any atom is -0.464 e. The molecule has 3 heterocycles. The van der Waals surface area contributed by atoms with Crippen molar-refractivity contribution >= 4 is 23.5 Å². The molecule has 162 valence electrons. The molecule has 2 aromatic rings. The zero-order chi connectivity index (χ0) is 21.4. The zero-order valence-corrected chi connectivity index (χ0v) is 17.2. The molecule has 1 saturated carbocycles. The van der Waals surface area contributed by atoms with E-state index in [0.29, 0.717) is 30.0 Å². The van der Waals surface area contributed by atoms with Crippen LogP contribution in [0.2, 0.25) is 0 Å². The summed E-state index contributed by atoms with van der Waals surface area (Å²) >= 11 is 0. The molecule has 1 aromatic heterocycles. The molecular weight excluding hydrogens is 396 g/mol. The first-order chi connectivity index (χ1) is 15.1. The number of urea groups is 1. The molecule has 4 amide bonds. The highest BCUT2D eigenvalue weighted by molar-refractivity contribution is 6.11. The summed E-state index contributed by atoms with van der Waals surface area (Å²) in [5.74, 6) is 0.158. The van der Waals surface area contributed by atoms with Crippen molar-refractivity contribution in [3.63, 3.8) is 0 Å². The molecule has 1 aliphatic carbocycles. The fourth-order valence-electron chi connectivity index (χ4n) is 4.93. The van der Waals surface area contributed by atoms with E-state index < -0.39 is 12.1 Å². The maximum atomic E-state index is 13.3. The van der Waals surface area contributed by atoms with E-state index in [2.05, 4.69) is 16.0 Å². The molecule has 2 fully saturated rings. The topological polar surface area (TPSA) is 104 Å². The van der Waals surface area contributed by atoms with E-state index >= 15 is 0 Å². The van der Waals surface area contributed by atoms with E-state index in [-0.39, 0.29) is 23.9 Å².